The van der Waals surface area contributed by atoms with Crippen molar-refractivity contribution in [2.75, 3.05) is 0 Å². The first kappa shape index (κ1) is 15.9. The van der Waals surface area contributed by atoms with Gasteiger partial charge in [-0.15, -0.1) is 0 Å². The van der Waals surface area contributed by atoms with Crippen molar-refractivity contribution in [2.24, 2.45) is 0 Å². The Kier molecular flexibility index (Phi) is 4.54. The third kappa shape index (κ3) is 3.10. The first-order valence-corrected chi connectivity index (χ1v) is 9.57. The van der Waals surface area contributed by atoms with Gasteiger partial charge in [0, 0.05) is 0 Å². The van der Waals surface area contributed by atoms with Gasteiger partial charge in [-0.25, -0.2) is 0 Å². The Balaban J connectivity index is 2.21. The van der Waals surface area contributed by atoms with Gasteiger partial charge in [-0.2, -0.15) is 8.42 Å². The SMILES string of the molecule is CCC(OS(=O)(=O)c1ccccc1)C1(Br)CC1(Br)Br. The highest BCUT2D eigenvalue weighted by Crippen LogP contribution is 2.67. The van der Waals surface area contributed by atoms with Crippen molar-refractivity contribution in [3.63, 3.8) is 0 Å². The van der Waals surface area contributed by atoms with Crippen LogP contribution >= 0.6 is 47.8 Å². The van der Waals surface area contributed by atoms with E-state index >= 15 is 0 Å². The molecule has 2 rings (SSSR count). The molecule has 0 radical (unpaired) electrons. The minimum atomic E-state index is -3.74. The van der Waals surface area contributed by atoms with Gasteiger partial charge in [0.05, 0.1) is 18.6 Å². The van der Waals surface area contributed by atoms with Gasteiger partial charge < -0.3 is 0 Å². The van der Waals surface area contributed by atoms with Gasteiger partial charge in [0.15, 0.2) is 0 Å². The van der Waals surface area contributed by atoms with E-state index in [1.165, 1.54) is 12.1 Å². The molecule has 1 aliphatic carbocycles. The van der Waals surface area contributed by atoms with Crippen molar-refractivity contribution in [2.45, 2.75) is 38.3 Å². The molecule has 0 aliphatic heterocycles. The van der Waals surface area contributed by atoms with Crippen molar-refractivity contribution in [3.05, 3.63) is 30.3 Å². The largest absolute Gasteiger partial charge is 0.297 e. The summed E-state index contributed by atoms with van der Waals surface area (Å²) in [5.41, 5.74) is 0. The highest BCUT2D eigenvalue weighted by atomic mass is 79.9. The molecule has 19 heavy (non-hydrogen) atoms. The van der Waals surface area contributed by atoms with E-state index in [0.717, 1.165) is 6.42 Å². The molecule has 0 spiro atoms. The topological polar surface area (TPSA) is 43.4 Å². The van der Waals surface area contributed by atoms with Crippen molar-refractivity contribution in [1.82, 2.24) is 0 Å². The smallest absolute Gasteiger partial charge is 0.261 e. The maximum atomic E-state index is 12.2. The van der Waals surface area contributed by atoms with Crippen molar-refractivity contribution < 1.29 is 12.6 Å². The van der Waals surface area contributed by atoms with Gasteiger partial charge >= 0.3 is 0 Å². The van der Waals surface area contributed by atoms with Gasteiger partial charge in [-0.05, 0) is 25.0 Å². The van der Waals surface area contributed by atoms with Gasteiger partial charge in [-0.3, -0.25) is 4.18 Å². The number of hydrogen-bond acceptors (Lipinski definition) is 3. The molecule has 0 bridgehead atoms. The minimum absolute atomic E-state index is 0.181. The lowest BCUT2D eigenvalue weighted by Gasteiger charge is -2.22. The van der Waals surface area contributed by atoms with Crippen molar-refractivity contribution >= 4 is 57.9 Å². The fourth-order valence-corrected chi connectivity index (χ4v) is 6.21. The third-order valence-electron chi connectivity index (χ3n) is 3.12. The lowest BCUT2D eigenvalue weighted by Crippen LogP contribution is -2.32. The van der Waals surface area contributed by atoms with E-state index in [9.17, 15) is 8.42 Å². The zero-order valence-electron chi connectivity index (χ0n) is 10.1. The van der Waals surface area contributed by atoms with E-state index in [4.69, 9.17) is 4.18 Å². The Morgan fingerprint density at radius 3 is 2.21 bits per heavy atom. The lowest BCUT2D eigenvalue weighted by atomic mass is 10.2. The molecule has 0 amide bonds. The summed E-state index contributed by atoms with van der Waals surface area (Å²) in [4.78, 5) is 0.181. The van der Waals surface area contributed by atoms with Crippen molar-refractivity contribution in [3.8, 4) is 0 Å². The summed E-state index contributed by atoms with van der Waals surface area (Å²) >= 11 is 10.6. The van der Waals surface area contributed by atoms with Gasteiger partial charge in [0.2, 0.25) is 0 Å². The van der Waals surface area contributed by atoms with Gasteiger partial charge in [0.25, 0.3) is 10.1 Å². The second-order valence-electron chi connectivity index (χ2n) is 4.50. The van der Waals surface area contributed by atoms with Crippen molar-refractivity contribution in [1.29, 1.82) is 0 Å². The summed E-state index contributed by atoms with van der Waals surface area (Å²) in [7, 11) is -3.74. The molecule has 0 N–H and O–H groups in total. The average molecular weight is 477 g/mol. The van der Waals surface area contributed by atoms with E-state index in [0.29, 0.717) is 6.42 Å². The molecule has 1 aliphatic rings. The number of hydrogen-bond donors (Lipinski definition) is 0. The minimum Gasteiger partial charge on any atom is -0.261 e. The quantitative estimate of drug-likeness (QED) is 0.472. The predicted molar refractivity (Wildman–Crippen MR) is 85.7 cm³/mol. The molecule has 106 valence electrons. The monoisotopic (exact) mass is 474 g/mol. The number of rotatable bonds is 5. The molecule has 1 aromatic rings. The summed E-state index contributed by atoms with van der Waals surface area (Å²) in [5, 5.41) is 0. The molecule has 3 nitrogen and oxygen atoms in total. The Morgan fingerprint density at radius 1 is 1.26 bits per heavy atom. The summed E-state index contributed by atoms with van der Waals surface area (Å²) in [5.74, 6) is 0. The van der Waals surface area contributed by atoms with E-state index < -0.39 is 20.5 Å². The highest BCUT2D eigenvalue weighted by Gasteiger charge is 2.68. The van der Waals surface area contributed by atoms with Crippen LogP contribution in [-0.2, 0) is 14.3 Å². The van der Waals surface area contributed by atoms with E-state index in [1.807, 2.05) is 6.92 Å². The van der Waals surface area contributed by atoms with Crippen LogP contribution in [0.25, 0.3) is 0 Å². The zero-order valence-corrected chi connectivity index (χ0v) is 15.7. The summed E-state index contributed by atoms with van der Waals surface area (Å²) in [6.07, 6.45) is 0.912. The van der Waals surface area contributed by atoms with E-state index in [1.54, 1.807) is 18.2 Å². The van der Waals surface area contributed by atoms with Gasteiger partial charge in [0.1, 0.15) is 0 Å². The predicted octanol–water partition coefficient (Wildman–Crippen LogP) is 4.19. The molecule has 1 fully saturated rings. The van der Waals surface area contributed by atoms with Crippen LogP contribution in [0.15, 0.2) is 35.2 Å². The normalized spacial score (nSPS) is 26.9. The van der Waals surface area contributed by atoms with Crippen LogP contribution in [0.2, 0.25) is 0 Å². The molecule has 1 saturated carbocycles. The summed E-state index contributed by atoms with van der Waals surface area (Å²) in [6.45, 7) is 1.91. The third-order valence-corrected chi connectivity index (χ3v) is 8.96. The van der Waals surface area contributed by atoms with Crippen LogP contribution in [0.3, 0.4) is 0 Å². The number of halogens is 3. The van der Waals surface area contributed by atoms with E-state index in [-0.39, 0.29) is 8.13 Å². The summed E-state index contributed by atoms with van der Waals surface area (Å²) in [6, 6.07) is 8.19. The molecule has 2 atom stereocenters. The Morgan fingerprint density at radius 2 is 1.79 bits per heavy atom. The molecular weight excluding hydrogens is 464 g/mol. The number of alkyl halides is 3. The van der Waals surface area contributed by atoms with Crippen LogP contribution in [0.1, 0.15) is 19.8 Å². The van der Waals surface area contributed by atoms with Crippen LogP contribution in [0.4, 0.5) is 0 Å². The Labute approximate surface area is 138 Å². The Hall–Kier alpha value is 0.570. The first-order valence-electron chi connectivity index (χ1n) is 5.78. The van der Waals surface area contributed by atoms with Crippen LogP contribution in [0.5, 0.6) is 0 Å². The standard InChI is InChI=1S/C12H13Br3O3S/c1-2-10(11(13)8-12(11,14)15)18-19(16,17)9-6-4-3-5-7-9/h3-7,10H,2,8H2,1H3. The van der Waals surface area contributed by atoms with Crippen LogP contribution in [-0.4, -0.2) is 22.1 Å². The maximum absolute atomic E-state index is 12.2. The molecule has 7 heteroatoms. The lowest BCUT2D eigenvalue weighted by molar-refractivity contribution is 0.196. The fourth-order valence-electron chi connectivity index (χ4n) is 1.89. The fraction of sp³-hybridized carbons (Fsp3) is 0.500. The highest BCUT2D eigenvalue weighted by molar-refractivity contribution is 9.26. The summed E-state index contributed by atoms with van der Waals surface area (Å²) < 4.78 is 29.1. The molecule has 0 aromatic heterocycles. The Bertz CT molecular complexity index is 559. The first-order chi connectivity index (χ1) is 8.73. The van der Waals surface area contributed by atoms with E-state index in [2.05, 4.69) is 47.8 Å². The molecule has 2 unspecified atom stereocenters. The van der Waals surface area contributed by atoms with Crippen LogP contribution < -0.4 is 0 Å². The van der Waals surface area contributed by atoms with Gasteiger partial charge in [-0.1, -0.05) is 72.9 Å². The van der Waals surface area contributed by atoms with Crippen LogP contribution in [0, 0.1) is 0 Å². The average Bonchev–Trinajstić information content (AvgIpc) is 2.88. The molecule has 1 aromatic carbocycles. The molecule has 0 saturated heterocycles. The zero-order chi connectivity index (χ0) is 14.3. The second-order valence-corrected chi connectivity index (χ2v) is 11.3. The maximum Gasteiger partial charge on any atom is 0.297 e. The number of benzene rings is 1. The second kappa shape index (κ2) is 5.40. The molecular formula is C12H13Br3O3S. The molecule has 0 heterocycles.